The summed E-state index contributed by atoms with van der Waals surface area (Å²) in [5.41, 5.74) is 3.54. The molecule has 4 N–H and O–H groups in total. The zero-order valence-electron chi connectivity index (χ0n) is 12.8. The largest absolute Gasteiger partial charge is 0.376 e. The van der Waals surface area contributed by atoms with E-state index in [0.29, 0.717) is 5.82 Å². The van der Waals surface area contributed by atoms with Crippen LogP contribution in [0.25, 0.3) is 0 Å². The number of nitrogens with zero attached hydrogens (tertiary/aromatic N) is 2. The molecule has 1 saturated carbocycles. The normalized spacial score (nSPS) is 16.9. The molecule has 0 saturated heterocycles. The van der Waals surface area contributed by atoms with Gasteiger partial charge in [-0.05, 0) is 26.2 Å². The molecule has 0 atom stereocenters. The fraction of sp³-hybridized carbons (Fsp3) is 0.714. The molecule has 0 unspecified atom stereocenters. The summed E-state index contributed by atoms with van der Waals surface area (Å²) in [6.45, 7) is 6.86. The Morgan fingerprint density at radius 2 is 1.95 bits per heavy atom. The minimum atomic E-state index is -0.0360. The van der Waals surface area contributed by atoms with Gasteiger partial charge >= 0.3 is 0 Å². The van der Waals surface area contributed by atoms with Crippen LogP contribution < -0.4 is 16.6 Å². The summed E-state index contributed by atoms with van der Waals surface area (Å²) in [6.07, 6.45) is 3.42. The monoisotopic (exact) mass is 279 g/mol. The predicted octanol–water partition coefficient (Wildman–Crippen LogP) is 2.18. The molecule has 1 aliphatic rings. The third-order valence-electron chi connectivity index (χ3n) is 4.09. The number of nitrogen functional groups attached to an aromatic ring is 1. The van der Waals surface area contributed by atoms with Crippen LogP contribution in [0.2, 0.25) is 0 Å². The lowest BCUT2D eigenvalue weighted by molar-refractivity contribution is -0.0601. The van der Waals surface area contributed by atoms with Gasteiger partial charge in [0.2, 0.25) is 0 Å². The quantitative estimate of drug-likeness (QED) is 0.546. The van der Waals surface area contributed by atoms with Gasteiger partial charge in [0.25, 0.3) is 0 Å². The van der Waals surface area contributed by atoms with E-state index in [0.717, 1.165) is 36.6 Å². The van der Waals surface area contributed by atoms with Crippen molar-refractivity contribution < 1.29 is 4.74 Å². The second-order valence-corrected chi connectivity index (χ2v) is 5.80. The van der Waals surface area contributed by atoms with Crippen molar-refractivity contribution in [3.05, 3.63) is 11.4 Å². The zero-order valence-corrected chi connectivity index (χ0v) is 12.8. The second kappa shape index (κ2) is 5.93. The lowest BCUT2D eigenvalue weighted by Crippen LogP contribution is -2.45. The minimum absolute atomic E-state index is 0.0360. The minimum Gasteiger partial charge on any atom is -0.376 e. The molecule has 1 aromatic rings. The van der Waals surface area contributed by atoms with Crippen molar-refractivity contribution in [1.82, 2.24) is 9.97 Å². The van der Waals surface area contributed by atoms with Crippen molar-refractivity contribution in [2.75, 3.05) is 24.4 Å². The zero-order chi connectivity index (χ0) is 14.8. The highest BCUT2D eigenvalue weighted by atomic mass is 16.5. The van der Waals surface area contributed by atoms with Gasteiger partial charge in [-0.3, -0.25) is 0 Å². The van der Waals surface area contributed by atoms with Crippen LogP contribution in [0.5, 0.6) is 0 Å². The number of hydrogen-bond donors (Lipinski definition) is 3. The average Bonchev–Trinajstić information content (AvgIpc) is 2.39. The highest BCUT2D eigenvalue weighted by Gasteiger charge is 2.37. The maximum absolute atomic E-state index is 5.62. The van der Waals surface area contributed by atoms with E-state index in [4.69, 9.17) is 10.6 Å². The fourth-order valence-corrected chi connectivity index (χ4v) is 2.37. The molecular formula is C14H25N5O. The molecule has 6 nitrogen and oxygen atoms in total. The molecule has 20 heavy (non-hydrogen) atoms. The molecule has 6 heteroatoms. The fourth-order valence-electron chi connectivity index (χ4n) is 2.37. The van der Waals surface area contributed by atoms with Crippen LogP contribution in [0.1, 0.15) is 50.4 Å². The average molecular weight is 279 g/mol. The van der Waals surface area contributed by atoms with E-state index in [9.17, 15) is 0 Å². The van der Waals surface area contributed by atoms with Gasteiger partial charge in [-0.2, -0.15) is 0 Å². The number of ether oxygens (including phenoxy) is 1. The van der Waals surface area contributed by atoms with Crippen LogP contribution in [0.4, 0.5) is 11.6 Å². The standard InChI is InChI=1S/C14H25N5O/c1-9(2)11-17-12(10(3)13(18-11)19-15)16-8-14(20-4)6-5-7-14/h9H,5-8,15H2,1-4H3,(H2,16,17,18,19). The van der Waals surface area contributed by atoms with E-state index >= 15 is 0 Å². The smallest absolute Gasteiger partial charge is 0.148 e. The van der Waals surface area contributed by atoms with Crippen LogP contribution in [-0.2, 0) is 4.74 Å². The number of hydrogen-bond acceptors (Lipinski definition) is 6. The number of aromatic nitrogens is 2. The molecule has 0 aromatic carbocycles. The van der Waals surface area contributed by atoms with Gasteiger partial charge < -0.3 is 15.5 Å². The van der Waals surface area contributed by atoms with Crippen LogP contribution in [0.15, 0.2) is 0 Å². The summed E-state index contributed by atoms with van der Waals surface area (Å²) in [5.74, 6) is 8.08. The highest BCUT2D eigenvalue weighted by Crippen LogP contribution is 2.35. The van der Waals surface area contributed by atoms with Gasteiger partial charge in [0.05, 0.1) is 5.60 Å². The van der Waals surface area contributed by atoms with Gasteiger partial charge in [0, 0.05) is 25.1 Å². The first-order valence-electron chi connectivity index (χ1n) is 7.15. The molecule has 0 bridgehead atoms. The summed E-state index contributed by atoms with van der Waals surface area (Å²) in [7, 11) is 1.78. The topological polar surface area (TPSA) is 85.1 Å². The van der Waals surface area contributed by atoms with E-state index in [1.54, 1.807) is 7.11 Å². The van der Waals surface area contributed by atoms with Gasteiger partial charge in [-0.25, -0.2) is 15.8 Å². The third-order valence-corrected chi connectivity index (χ3v) is 4.09. The van der Waals surface area contributed by atoms with Crippen LogP contribution >= 0.6 is 0 Å². The van der Waals surface area contributed by atoms with E-state index in [2.05, 4.69) is 34.6 Å². The van der Waals surface area contributed by atoms with Gasteiger partial charge in [0.1, 0.15) is 17.5 Å². The summed E-state index contributed by atoms with van der Waals surface area (Å²) in [6, 6.07) is 0. The predicted molar refractivity (Wildman–Crippen MR) is 80.7 cm³/mol. The Morgan fingerprint density at radius 1 is 1.30 bits per heavy atom. The first kappa shape index (κ1) is 15.0. The van der Waals surface area contributed by atoms with Crippen molar-refractivity contribution in [2.45, 2.75) is 51.6 Å². The van der Waals surface area contributed by atoms with Gasteiger partial charge in [0.15, 0.2) is 0 Å². The van der Waals surface area contributed by atoms with Gasteiger partial charge in [-0.15, -0.1) is 0 Å². The van der Waals surface area contributed by atoms with Crippen molar-refractivity contribution in [1.29, 1.82) is 0 Å². The van der Waals surface area contributed by atoms with Crippen LogP contribution in [0, 0.1) is 6.92 Å². The molecule has 0 radical (unpaired) electrons. The van der Waals surface area contributed by atoms with Crippen molar-refractivity contribution in [2.24, 2.45) is 5.84 Å². The first-order chi connectivity index (χ1) is 9.51. The van der Waals surface area contributed by atoms with Crippen molar-refractivity contribution in [3.8, 4) is 0 Å². The second-order valence-electron chi connectivity index (χ2n) is 5.80. The molecule has 112 valence electrons. The molecule has 2 rings (SSSR count). The molecule has 0 aliphatic heterocycles. The Balaban J connectivity index is 2.19. The Labute approximate surface area is 120 Å². The Morgan fingerprint density at radius 3 is 2.40 bits per heavy atom. The lowest BCUT2D eigenvalue weighted by atomic mass is 9.80. The summed E-state index contributed by atoms with van der Waals surface area (Å²) in [4.78, 5) is 9.03. The molecule has 0 amide bonds. The number of hydrazine groups is 1. The Kier molecular flexibility index (Phi) is 4.45. The SMILES string of the molecule is COC1(CNc2nc(C(C)C)nc(NN)c2C)CCC1. The Hall–Kier alpha value is -1.40. The summed E-state index contributed by atoms with van der Waals surface area (Å²) in [5, 5.41) is 3.40. The maximum atomic E-state index is 5.62. The van der Waals surface area contributed by atoms with Gasteiger partial charge in [-0.1, -0.05) is 13.8 Å². The highest BCUT2D eigenvalue weighted by molar-refractivity contribution is 5.57. The van der Waals surface area contributed by atoms with Crippen molar-refractivity contribution >= 4 is 11.6 Å². The van der Waals surface area contributed by atoms with Crippen LogP contribution in [-0.4, -0.2) is 29.2 Å². The molecule has 1 heterocycles. The first-order valence-corrected chi connectivity index (χ1v) is 7.15. The van der Waals surface area contributed by atoms with E-state index in [1.807, 2.05) is 6.92 Å². The number of nitrogens with one attached hydrogen (secondary N) is 2. The molecular weight excluding hydrogens is 254 g/mol. The molecule has 0 spiro atoms. The molecule has 1 aromatic heterocycles. The van der Waals surface area contributed by atoms with Crippen LogP contribution in [0.3, 0.4) is 0 Å². The van der Waals surface area contributed by atoms with E-state index in [1.165, 1.54) is 6.42 Å². The summed E-state index contributed by atoms with van der Waals surface area (Å²) < 4.78 is 5.62. The number of anilines is 2. The summed E-state index contributed by atoms with van der Waals surface area (Å²) >= 11 is 0. The van der Waals surface area contributed by atoms with E-state index in [-0.39, 0.29) is 11.5 Å². The third kappa shape index (κ3) is 2.86. The van der Waals surface area contributed by atoms with E-state index < -0.39 is 0 Å². The number of methoxy groups -OCH3 is 1. The molecule has 1 fully saturated rings. The number of nitrogens with two attached hydrogens (primary N) is 1. The molecule has 1 aliphatic carbocycles. The lowest BCUT2D eigenvalue weighted by Gasteiger charge is -2.40. The Bertz CT molecular complexity index is 465. The maximum Gasteiger partial charge on any atom is 0.148 e. The number of rotatable bonds is 6. The van der Waals surface area contributed by atoms with Crippen molar-refractivity contribution in [3.63, 3.8) is 0 Å².